The van der Waals surface area contributed by atoms with Crippen LogP contribution in [0.2, 0.25) is 0 Å². The molecule has 0 radical (unpaired) electrons. The van der Waals surface area contributed by atoms with E-state index < -0.39 is 15.7 Å². The molecule has 0 aromatic heterocycles. The summed E-state index contributed by atoms with van der Waals surface area (Å²) in [5.41, 5.74) is 1.54. The van der Waals surface area contributed by atoms with Gasteiger partial charge in [0.1, 0.15) is 5.82 Å². The van der Waals surface area contributed by atoms with Crippen molar-refractivity contribution in [1.82, 2.24) is 0 Å². The topological polar surface area (TPSA) is 34.1 Å². The molecule has 0 saturated heterocycles. The zero-order valence-electron chi connectivity index (χ0n) is 10.7. The lowest BCUT2D eigenvalue weighted by atomic mass is 10.2. The van der Waals surface area contributed by atoms with Crippen molar-refractivity contribution in [2.75, 3.05) is 0 Å². The van der Waals surface area contributed by atoms with Crippen LogP contribution in [0.5, 0.6) is 0 Å². The van der Waals surface area contributed by atoms with Crippen LogP contribution < -0.4 is 0 Å². The minimum Gasteiger partial charge on any atom is -0.219 e. The molecule has 0 aliphatic heterocycles. The molecule has 0 N–H and O–H groups in total. The van der Waals surface area contributed by atoms with Gasteiger partial charge in [0.05, 0.1) is 4.90 Å². The summed E-state index contributed by atoms with van der Waals surface area (Å²) >= 11 is 1.90. The lowest BCUT2D eigenvalue weighted by molar-refractivity contribution is 0.604. The van der Waals surface area contributed by atoms with Crippen molar-refractivity contribution in [2.45, 2.75) is 11.8 Å². The number of benzene rings is 2. The molecule has 0 aliphatic carbocycles. The van der Waals surface area contributed by atoms with Gasteiger partial charge in [0.25, 0.3) is 0 Å². The van der Waals surface area contributed by atoms with Crippen LogP contribution in [0.4, 0.5) is 4.39 Å². The van der Waals surface area contributed by atoms with Gasteiger partial charge in [0.2, 0.25) is 9.84 Å². The quantitative estimate of drug-likeness (QED) is 0.716. The highest BCUT2D eigenvalue weighted by molar-refractivity contribution is 14.1. The van der Waals surface area contributed by atoms with Gasteiger partial charge in [-0.3, -0.25) is 0 Å². The first-order valence-corrected chi connectivity index (χ1v) is 8.46. The molecule has 0 saturated carbocycles. The van der Waals surface area contributed by atoms with Crippen LogP contribution >= 0.6 is 22.6 Å². The molecule has 20 heavy (non-hydrogen) atoms. The SMILES string of the molecule is Cc1ccc(S(=O)(=O)/C=C(/I)c2cccc(F)c2)cc1. The summed E-state index contributed by atoms with van der Waals surface area (Å²) in [6.07, 6.45) is 0. The van der Waals surface area contributed by atoms with E-state index in [2.05, 4.69) is 0 Å². The lowest BCUT2D eigenvalue weighted by Crippen LogP contribution is -1.97. The average Bonchev–Trinajstić information content (AvgIpc) is 2.38. The van der Waals surface area contributed by atoms with E-state index in [4.69, 9.17) is 0 Å². The van der Waals surface area contributed by atoms with Gasteiger partial charge in [0.15, 0.2) is 0 Å². The van der Waals surface area contributed by atoms with E-state index in [-0.39, 0.29) is 4.90 Å². The minimum absolute atomic E-state index is 0.230. The number of aryl methyl sites for hydroxylation is 1. The maximum atomic E-state index is 13.1. The molecule has 0 unspecified atom stereocenters. The standard InChI is InChI=1S/C15H12FIO2S/c1-11-5-7-14(8-6-11)20(18,19)10-15(17)12-3-2-4-13(16)9-12/h2-10H,1H3/b15-10+. The number of hydrogen-bond donors (Lipinski definition) is 0. The molecule has 2 aromatic carbocycles. The van der Waals surface area contributed by atoms with Gasteiger partial charge in [-0.2, -0.15) is 0 Å². The van der Waals surface area contributed by atoms with Crippen LogP contribution in [0.3, 0.4) is 0 Å². The van der Waals surface area contributed by atoms with Gasteiger partial charge in [-0.25, -0.2) is 12.8 Å². The normalized spacial score (nSPS) is 12.4. The third-order valence-electron chi connectivity index (χ3n) is 2.71. The van der Waals surface area contributed by atoms with Crippen molar-refractivity contribution in [3.63, 3.8) is 0 Å². The Labute approximate surface area is 131 Å². The van der Waals surface area contributed by atoms with Crippen molar-refractivity contribution < 1.29 is 12.8 Å². The van der Waals surface area contributed by atoms with Crippen molar-refractivity contribution in [2.24, 2.45) is 0 Å². The van der Waals surface area contributed by atoms with Gasteiger partial charge in [0, 0.05) is 8.99 Å². The maximum Gasteiger partial charge on any atom is 0.200 e. The number of rotatable bonds is 3. The Bertz CT molecular complexity index is 750. The Balaban J connectivity index is 2.40. The molecule has 2 aromatic rings. The number of hydrogen-bond acceptors (Lipinski definition) is 2. The lowest BCUT2D eigenvalue weighted by Gasteiger charge is -2.03. The van der Waals surface area contributed by atoms with Crippen molar-refractivity contribution >= 4 is 36.0 Å². The smallest absolute Gasteiger partial charge is 0.200 e. The van der Waals surface area contributed by atoms with Crippen molar-refractivity contribution in [1.29, 1.82) is 0 Å². The van der Waals surface area contributed by atoms with E-state index >= 15 is 0 Å². The molecular formula is C15H12FIO2S. The third kappa shape index (κ3) is 3.67. The molecule has 5 heteroatoms. The summed E-state index contributed by atoms with van der Waals surface area (Å²) in [5.74, 6) is -0.391. The number of sulfone groups is 1. The van der Waals surface area contributed by atoms with Crippen molar-refractivity contribution in [3.05, 3.63) is 70.9 Å². The highest BCUT2D eigenvalue weighted by Gasteiger charge is 2.12. The molecule has 0 atom stereocenters. The molecule has 0 spiro atoms. The Morgan fingerprint density at radius 2 is 1.80 bits per heavy atom. The molecule has 2 nitrogen and oxygen atoms in total. The Hall–Kier alpha value is -1.21. The molecule has 0 aliphatic rings. The third-order valence-corrected chi connectivity index (χ3v) is 5.54. The number of halogens is 2. The van der Waals surface area contributed by atoms with Crippen LogP contribution in [0.25, 0.3) is 3.58 Å². The fraction of sp³-hybridized carbons (Fsp3) is 0.0667. The van der Waals surface area contributed by atoms with Gasteiger partial charge in [-0.1, -0.05) is 29.8 Å². The van der Waals surface area contributed by atoms with Gasteiger partial charge < -0.3 is 0 Å². The summed E-state index contributed by atoms with van der Waals surface area (Å²) in [7, 11) is -3.53. The maximum absolute atomic E-state index is 13.1. The van der Waals surface area contributed by atoms with E-state index in [0.717, 1.165) is 11.0 Å². The summed E-state index contributed by atoms with van der Waals surface area (Å²) in [4.78, 5) is 0.230. The van der Waals surface area contributed by atoms with Crippen molar-refractivity contribution in [3.8, 4) is 0 Å². The fourth-order valence-corrected chi connectivity index (χ4v) is 4.04. The zero-order chi connectivity index (χ0) is 14.8. The summed E-state index contributed by atoms with van der Waals surface area (Å²) in [5, 5.41) is 1.16. The molecule has 2 rings (SSSR count). The second-order valence-corrected chi connectivity index (χ2v) is 7.29. The minimum atomic E-state index is -3.53. The first kappa shape index (κ1) is 15.2. The largest absolute Gasteiger partial charge is 0.219 e. The average molecular weight is 402 g/mol. The first-order valence-electron chi connectivity index (χ1n) is 5.83. The highest BCUT2D eigenvalue weighted by Crippen LogP contribution is 2.26. The summed E-state index contributed by atoms with van der Waals surface area (Å²) in [6.45, 7) is 1.89. The summed E-state index contributed by atoms with van der Waals surface area (Å²) in [6, 6.07) is 12.5. The fourth-order valence-electron chi connectivity index (χ4n) is 1.64. The van der Waals surface area contributed by atoms with Gasteiger partial charge >= 0.3 is 0 Å². The molecular weight excluding hydrogens is 390 g/mol. The van der Waals surface area contributed by atoms with Gasteiger partial charge in [-0.15, -0.1) is 0 Å². The molecule has 0 amide bonds. The Morgan fingerprint density at radius 1 is 1.15 bits per heavy atom. The molecule has 0 fully saturated rings. The molecule has 0 heterocycles. The second kappa shape index (κ2) is 6.05. The van der Waals surface area contributed by atoms with Crippen LogP contribution in [0, 0.1) is 12.7 Å². The Morgan fingerprint density at radius 3 is 2.40 bits per heavy atom. The highest BCUT2D eigenvalue weighted by atomic mass is 127. The van der Waals surface area contributed by atoms with E-state index in [9.17, 15) is 12.8 Å². The van der Waals surface area contributed by atoms with Crippen LogP contribution in [-0.4, -0.2) is 8.42 Å². The molecule has 104 valence electrons. The summed E-state index contributed by atoms with van der Waals surface area (Å²) < 4.78 is 38.1. The van der Waals surface area contributed by atoms with Crippen LogP contribution in [0.15, 0.2) is 58.8 Å². The van der Waals surface area contributed by atoms with Gasteiger partial charge in [-0.05, 0) is 59.3 Å². The Kier molecular flexibility index (Phi) is 4.59. The zero-order valence-corrected chi connectivity index (χ0v) is 13.7. The molecule has 0 bridgehead atoms. The predicted molar refractivity (Wildman–Crippen MR) is 86.8 cm³/mol. The van der Waals surface area contributed by atoms with E-state index in [0.29, 0.717) is 9.14 Å². The van der Waals surface area contributed by atoms with E-state index in [1.807, 2.05) is 29.5 Å². The van der Waals surface area contributed by atoms with Crippen LogP contribution in [-0.2, 0) is 9.84 Å². The van der Waals surface area contributed by atoms with E-state index in [1.54, 1.807) is 36.4 Å². The first-order chi connectivity index (χ1) is 9.38. The second-order valence-electron chi connectivity index (χ2n) is 4.33. The predicted octanol–water partition coefficient (Wildman–Crippen LogP) is 4.34. The van der Waals surface area contributed by atoms with E-state index in [1.165, 1.54) is 12.1 Å². The monoisotopic (exact) mass is 402 g/mol. The van der Waals surface area contributed by atoms with Crippen LogP contribution in [0.1, 0.15) is 11.1 Å².